The molecule has 1 aromatic heterocycles. The van der Waals surface area contributed by atoms with Gasteiger partial charge in [-0.05, 0) is 20.9 Å². The zero-order valence-corrected chi connectivity index (χ0v) is 7.42. The summed E-state index contributed by atoms with van der Waals surface area (Å²) in [7, 11) is 3.88. The van der Waals surface area contributed by atoms with E-state index in [9.17, 15) is 0 Å². The lowest BCUT2D eigenvalue weighted by molar-refractivity contribution is 0.580. The van der Waals surface area contributed by atoms with Gasteiger partial charge in [0.25, 0.3) is 0 Å². The van der Waals surface area contributed by atoms with Crippen LogP contribution in [0.5, 0.6) is 0 Å². The summed E-state index contributed by atoms with van der Waals surface area (Å²) in [5.74, 6) is 1.92. The van der Waals surface area contributed by atoms with Gasteiger partial charge in [-0.3, -0.25) is 0 Å². The van der Waals surface area contributed by atoms with E-state index in [1.807, 2.05) is 25.6 Å². The summed E-state index contributed by atoms with van der Waals surface area (Å²) < 4.78 is 1.99. The van der Waals surface area contributed by atoms with E-state index in [0.29, 0.717) is 0 Å². The number of rotatable bonds is 2. The Kier molecular flexibility index (Phi) is 2.24. The zero-order chi connectivity index (χ0) is 8.43. The fourth-order valence-corrected chi connectivity index (χ4v) is 0.930. The molecule has 11 heavy (non-hydrogen) atoms. The maximum absolute atomic E-state index is 4.04. The molecule has 0 bridgehead atoms. The molecule has 0 aromatic carbocycles. The van der Waals surface area contributed by atoms with Crippen LogP contribution in [0.2, 0.25) is 0 Å². The first-order valence-corrected chi connectivity index (χ1v) is 3.70. The Balaban J connectivity index is 2.94. The van der Waals surface area contributed by atoms with Crippen molar-refractivity contribution in [1.29, 1.82) is 0 Å². The van der Waals surface area contributed by atoms with Crippen molar-refractivity contribution in [2.45, 2.75) is 19.9 Å². The molecule has 4 heteroatoms. The topological polar surface area (TPSA) is 42.7 Å². The van der Waals surface area contributed by atoms with Crippen molar-refractivity contribution in [3.63, 3.8) is 0 Å². The molecular formula is C7H14N4. The summed E-state index contributed by atoms with van der Waals surface area (Å²) in [6, 6.07) is 0.265. The van der Waals surface area contributed by atoms with E-state index >= 15 is 0 Å². The highest BCUT2D eigenvalue weighted by Gasteiger charge is 2.10. The molecule has 0 aliphatic rings. The molecule has 0 radical (unpaired) electrons. The molecule has 1 atom stereocenters. The number of aryl methyl sites for hydroxylation is 1. The summed E-state index contributed by atoms with van der Waals surface area (Å²) in [6.45, 7) is 4.00. The van der Waals surface area contributed by atoms with Gasteiger partial charge in [0.1, 0.15) is 11.6 Å². The van der Waals surface area contributed by atoms with E-state index in [1.165, 1.54) is 0 Å². The Labute approximate surface area is 66.6 Å². The summed E-state index contributed by atoms with van der Waals surface area (Å²) in [4.78, 5) is 0. The Morgan fingerprint density at radius 3 is 2.45 bits per heavy atom. The Morgan fingerprint density at radius 2 is 2.09 bits per heavy atom. The van der Waals surface area contributed by atoms with Crippen molar-refractivity contribution < 1.29 is 0 Å². The molecule has 1 unspecified atom stereocenters. The van der Waals surface area contributed by atoms with Crippen LogP contribution >= 0.6 is 0 Å². The summed E-state index contributed by atoms with van der Waals surface area (Å²) in [5, 5.41) is 11.1. The van der Waals surface area contributed by atoms with Crippen molar-refractivity contribution in [3.8, 4) is 0 Å². The molecule has 0 amide bonds. The van der Waals surface area contributed by atoms with Gasteiger partial charge in [0.2, 0.25) is 0 Å². The van der Waals surface area contributed by atoms with Crippen molar-refractivity contribution >= 4 is 0 Å². The molecule has 0 aliphatic heterocycles. The first-order chi connectivity index (χ1) is 5.16. The second kappa shape index (κ2) is 3.00. The van der Waals surface area contributed by atoms with E-state index in [2.05, 4.69) is 22.4 Å². The molecule has 0 saturated heterocycles. The lowest BCUT2D eigenvalue weighted by Crippen LogP contribution is -2.16. The van der Waals surface area contributed by atoms with Crippen LogP contribution in [-0.4, -0.2) is 21.8 Å². The van der Waals surface area contributed by atoms with Crippen molar-refractivity contribution in [1.82, 2.24) is 20.1 Å². The molecule has 0 saturated carbocycles. The van der Waals surface area contributed by atoms with Gasteiger partial charge >= 0.3 is 0 Å². The van der Waals surface area contributed by atoms with Gasteiger partial charge in [0, 0.05) is 7.05 Å². The molecule has 1 aromatic rings. The fraction of sp³-hybridized carbons (Fsp3) is 0.714. The van der Waals surface area contributed by atoms with Crippen LogP contribution < -0.4 is 5.32 Å². The number of hydrogen-bond acceptors (Lipinski definition) is 3. The minimum absolute atomic E-state index is 0.265. The average molecular weight is 154 g/mol. The van der Waals surface area contributed by atoms with E-state index < -0.39 is 0 Å². The summed E-state index contributed by atoms with van der Waals surface area (Å²) in [6.07, 6.45) is 0. The van der Waals surface area contributed by atoms with Crippen LogP contribution in [0.3, 0.4) is 0 Å². The smallest absolute Gasteiger partial charge is 0.149 e. The maximum Gasteiger partial charge on any atom is 0.149 e. The largest absolute Gasteiger partial charge is 0.317 e. The Bertz CT molecular complexity index is 241. The van der Waals surface area contributed by atoms with Crippen LogP contribution in [0, 0.1) is 6.92 Å². The monoisotopic (exact) mass is 154 g/mol. The van der Waals surface area contributed by atoms with Crippen molar-refractivity contribution in [2.24, 2.45) is 7.05 Å². The third kappa shape index (κ3) is 1.40. The first kappa shape index (κ1) is 8.20. The van der Waals surface area contributed by atoms with Gasteiger partial charge in [-0.15, -0.1) is 10.2 Å². The molecule has 0 spiro atoms. The molecule has 1 rings (SSSR count). The van der Waals surface area contributed by atoms with Crippen molar-refractivity contribution in [2.75, 3.05) is 7.05 Å². The highest BCUT2D eigenvalue weighted by molar-refractivity contribution is 4.97. The van der Waals surface area contributed by atoms with Gasteiger partial charge in [0.15, 0.2) is 0 Å². The number of aromatic nitrogens is 3. The minimum atomic E-state index is 0.265. The van der Waals surface area contributed by atoms with Gasteiger partial charge in [-0.2, -0.15) is 0 Å². The molecule has 0 fully saturated rings. The van der Waals surface area contributed by atoms with E-state index in [4.69, 9.17) is 0 Å². The lowest BCUT2D eigenvalue weighted by atomic mass is 10.3. The van der Waals surface area contributed by atoms with Gasteiger partial charge in [-0.25, -0.2) is 0 Å². The van der Waals surface area contributed by atoms with Gasteiger partial charge in [-0.1, -0.05) is 0 Å². The normalized spacial score (nSPS) is 13.5. The fourth-order valence-electron chi connectivity index (χ4n) is 0.930. The van der Waals surface area contributed by atoms with Crippen molar-refractivity contribution in [3.05, 3.63) is 11.6 Å². The number of hydrogen-bond donors (Lipinski definition) is 1. The van der Waals surface area contributed by atoms with Crippen LogP contribution in [-0.2, 0) is 7.05 Å². The molecule has 1 N–H and O–H groups in total. The van der Waals surface area contributed by atoms with E-state index in [1.54, 1.807) is 0 Å². The summed E-state index contributed by atoms with van der Waals surface area (Å²) in [5.41, 5.74) is 0. The second-order valence-electron chi connectivity index (χ2n) is 2.67. The Morgan fingerprint density at radius 1 is 1.45 bits per heavy atom. The average Bonchev–Trinajstić information content (AvgIpc) is 2.32. The van der Waals surface area contributed by atoms with Crippen LogP contribution in [0.15, 0.2) is 0 Å². The molecule has 1 heterocycles. The SMILES string of the molecule is CNC(C)c1nnc(C)n1C. The first-order valence-electron chi connectivity index (χ1n) is 3.70. The highest BCUT2D eigenvalue weighted by atomic mass is 15.3. The highest BCUT2D eigenvalue weighted by Crippen LogP contribution is 2.07. The minimum Gasteiger partial charge on any atom is -0.317 e. The quantitative estimate of drug-likeness (QED) is 0.670. The standard InChI is InChI=1S/C7H14N4/c1-5(8-3)7-10-9-6(2)11(7)4/h5,8H,1-4H3. The van der Waals surface area contributed by atoms with Crippen LogP contribution in [0.25, 0.3) is 0 Å². The Hall–Kier alpha value is -0.900. The second-order valence-corrected chi connectivity index (χ2v) is 2.67. The number of nitrogens with zero attached hydrogens (tertiary/aromatic N) is 3. The van der Waals surface area contributed by atoms with Gasteiger partial charge in [0.05, 0.1) is 6.04 Å². The predicted molar refractivity (Wildman–Crippen MR) is 43.2 cm³/mol. The number of nitrogens with one attached hydrogen (secondary N) is 1. The molecule has 62 valence electrons. The third-order valence-electron chi connectivity index (χ3n) is 1.95. The zero-order valence-electron chi connectivity index (χ0n) is 7.42. The van der Waals surface area contributed by atoms with E-state index in [0.717, 1.165) is 11.6 Å². The molecular weight excluding hydrogens is 140 g/mol. The molecule has 0 aliphatic carbocycles. The maximum atomic E-state index is 4.04. The summed E-state index contributed by atoms with van der Waals surface area (Å²) >= 11 is 0. The lowest BCUT2D eigenvalue weighted by Gasteiger charge is -2.08. The van der Waals surface area contributed by atoms with Gasteiger partial charge < -0.3 is 9.88 Å². The third-order valence-corrected chi connectivity index (χ3v) is 1.95. The van der Waals surface area contributed by atoms with Crippen LogP contribution in [0.1, 0.15) is 24.6 Å². The van der Waals surface area contributed by atoms with Crippen LogP contribution in [0.4, 0.5) is 0 Å². The van der Waals surface area contributed by atoms with E-state index in [-0.39, 0.29) is 6.04 Å². The molecule has 4 nitrogen and oxygen atoms in total. The predicted octanol–water partition coefficient (Wildman–Crippen LogP) is 0.404.